The highest BCUT2D eigenvalue weighted by Gasteiger charge is 2.14. The number of nitrogens with zero attached hydrogens (tertiary/aromatic N) is 2. The Labute approximate surface area is 114 Å². The van der Waals surface area contributed by atoms with E-state index in [4.69, 9.17) is 0 Å². The summed E-state index contributed by atoms with van der Waals surface area (Å²) in [4.78, 5) is 0. The van der Waals surface area contributed by atoms with Gasteiger partial charge in [-0.2, -0.15) is 16.9 Å². The third-order valence-electron chi connectivity index (χ3n) is 3.35. The normalized spacial score (nSPS) is 16.5. The van der Waals surface area contributed by atoms with Crippen LogP contribution in [0.3, 0.4) is 0 Å². The van der Waals surface area contributed by atoms with E-state index in [2.05, 4.69) is 37.3 Å². The largest absolute Gasteiger partial charge is 0.395 e. The van der Waals surface area contributed by atoms with Gasteiger partial charge >= 0.3 is 0 Å². The summed E-state index contributed by atoms with van der Waals surface area (Å²) < 4.78 is 2.01. The number of hydrogen-bond acceptors (Lipinski definition) is 4. The van der Waals surface area contributed by atoms with Gasteiger partial charge in [-0.05, 0) is 32.6 Å². The van der Waals surface area contributed by atoms with E-state index in [9.17, 15) is 5.11 Å². The quantitative estimate of drug-likeness (QED) is 0.760. The molecule has 0 saturated heterocycles. The molecule has 4 nitrogen and oxygen atoms in total. The predicted molar refractivity (Wildman–Crippen MR) is 77.9 cm³/mol. The average Bonchev–Trinajstić information content (AvgIpc) is 2.85. The molecule has 0 aromatic carbocycles. The third kappa shape index (κ3) is 4.30. The molecular weight excluding hydrogens is 246 g/mol. The highest BCUT2D eigenvalue weighted by Crippen LogP contribution is 2.12. The standard InChI is InChI=1S/C13H25N3OS/c1-5-10(2)16-7-6-12(15-16)8-14-11(3)13(9-17)18-4/h6-7,10-11,13-14,17H,5,8-9H2,1-4H3. The van der Waals surface area contributed by atoms with Crippen molar-refractivity contribution in [3.63, 3.8) is 0 Å². The van der Waals surface area contributed by atoms with Crippen molar-refractivity contribution in [3.8, 4) is 0 Å². The minimum absolute atomic E-state index is 0.205. The van der Waals surface area contributed by atoms with Gasteiger partial charge in [0.15, 0.2) is 0 Å². The maximum absolute atomic E-state index is 9.22. The Kier molecular flexibility index (Phi) is 6.75. The van der Waals surface area contributed by atoms with Crippen molar-refractivity contribution in [2.75, 3.05) is 12.9 Å². The van der Waals surface area contributed by atoms with Crippen LogP contribution in [0.1, 0.15) is 38.9 Å². The predicted octanol–water partition coefficient (Wildman–Crippen LogP) is 2.06. The lowest BCUT2D eigenvalue weighted by Crippen LogP contribution is -2.37. The molecule has 3 unspecified atom stereocenters. The SMILES string of the molecule is CCC(C)n1ccc(CNC(C)C(CO)SC)n1. The summed E-state index contributed by atoms with van der Waals surface area (Å²) in [6.07, 6.45) is 5.15. The Bertz CT molecular complexity index is 339. The maximum atomic E-state index is 9.22. The highest BCUT2D eigenvalue weighted by atomic mass is 32.2. The molecular formula is C13H25N3OS. The average molecular weight is 271 g/mol. The van der Waals surface area contributed by atoms with Crippen molar-refractivity contribution in [1.29, 1.82) is 0 Å². The van der Waals surface area contributed by atoms with Crippen LogP contribution in [0.15, 0.2) is 12.3 Å². The maximum Gasteiger partial charge on any atom is 0.0762 e. The zero-order valence-corrected chi connectivity index (χ0v) is 12.6. The van der Waals surface area contributed by atoms with E-state index in [0.29, 0.717) is 6.04 Å². The Morgan fingerprint density at radius 1 is 1.50 bits per heavy atom. The van der Waals surface area contributed by atoms with E-state index >= 15 is 0 Å². The molecule has 0 aliphatic heterocycles. The number of aromatic nitrogens is 2. The van der Waals surface area contributed by atoms with E-state index in [-0.39, 0.29) is 17.9 Å². The monoisotopic (exact) mass is 271 g/mol. The lowest BCUT2D eigenvalue weighted by Gasteiger charge is -2.20. The van der Waals surface area contributed by atoms with Crippen molar-refractivity contribution >= 4 is 11.8 Å². The number of aliphatic hydroxyl groups is 1. The molecule has 0 fully saturated rings. The summed E-state index contributed by atoms with van der Waals surface area (Å²) >= 11 is 1.69. The fraction of sp³-hybridized carbons (Fsp3) is 0.769. The van der Waals surface area contributed by atoms with Crippen molar-refractivity contribution in [2.24, 2.45) is 0 Å². The van der Waals surface area contributed by atoms with Crippen LogP contribution < -0.4 is 5.32 Å². The van der Waals surface area contributed by atoms with Crippen LogP contribution in [0.25, 0.3) is 0 Å². The summed E-state index contributed by atoms with van der Waals surface area (Å²) in [5.74, 6) is 0. The second kappa shape index (κ2) is 7.81. The van der Waals surface area contributed by atoms with Crippen LogP contribution in [-0.4, -0.2) is 39.0 Å². The van der Waals surface area contributed by atoms with Crippen molar-refractivity contribution in [2.45, 2.75) is 51.1 Å². The van der Waals surface area contributed by atoms with Crippen LogP contribution >= 0.6 is 11.8 Å². The molecule has 2 N–H and O–H groups in total. The van der Waals surface area contributed by atoms with Crippen LogP contribution in [0.5, 0.6) is 0 Å². The second-order valence-electron chi connectivity index (χ2n) is 4.67. The zero-order valence-electron chi connectivity index (χ0n) is 11.8. The van der Waals surface area contributed by atoms with Crippen molar-refractivity contribution in [1.82, 2.24) is 15.1 Å². The lowest BCUT2D eigenvalue weighted by molar-refractivity contribution is 0.275. The first-order chi connectivity index (χ1) is 8.62. The fourth-order valence-electron chi connectivity index (χ4n) is 1.74. The highest BCUT2D eigenvalue weighted by molar-refractivity contribution is 7.99. The summed E-state index contributed by atoms with van der Waals surface area (Å²) in [5, 5.41) is 17.4. The fourth-order valence-corrected chi connectivity index (χ4v) is 2.39. The Balaban J connectivity index is 2.46. The van der Waals surface area contributed by atoms with E-state index < -0.39 is 0 Å². The number of rotatable bonds is 8. The smallest absolute Gasteiger partial charge is 0.0762 e. The molecule has 0 radical (unpaired) electrons. The Hall–Kier alpha value is -0.520. The van der Waals surface area contributed by atoms with Gasteiger partial charge in [0, 0.05) is 30.1 Å². The summed E-state index contributed by atoms with van der Waals surface area (Å²) in [6.45, 7) is 7.39. The summed E-state index contributed by atoms with van der Waals surface area (Å²) in [7, 11) is 0. The van der Waals surface area contributed by atoms with Crippen LogP contribution in [0.4, 0.5) is 0 Å². The third-order valence-corrected chi connectivity index (χ3v) is 4.51. The molecule has 1 aromatic rings. The molecule has 0 saturated carbocycles. The molecule has 104 valence electrons. The van der Waals surface area contributed by atoms with E-state index in [0.717, 1.165) is 18.7 Å². The molecule has 1 aromatic heterocycles. The first-order valence-electron chi connectivity index (χ1n) is 6.53. The number of thioether (sulfide) groups is 1. The minimum atomic E-state index is 0.205. The Morgan fingerprint density at radius 2 is 2.22 bits per heavy atom. The Morgan fingerprint density at radius 3 is 2.78 bits per heavy atom. The molecule has 0 aliphatic carbocycles. The molecule has 0 bridgehead atoms. The molecule has 1 heterocycles. The van der Waals surface area contributed by atoms with Crippen LogP contribution in [0.2, 0.25) is 0 Å². The van der Waals surface area contributed by atoms with Gasteiger partial charge in [0.1, 0.15) is 0 Å². The van der Waals surface area contributed by atoms with Gasteiger partial charge in [0.05, 0.1) is 12.3 Å². The molecule has 3 atom stereocenters. The molecule has 5 heteroatoms. The molecule has 18 heavy (non-hydrogen) atoms. The number of nitrogens with one attached hydrogen (secondary N) is 1. The lowest BCUT2D eigenvalue weighted by atomic mass is 10.2. The van der Waals surface area contributed by atoms with Gasteiger partial charge in [0.25, 0.3) is 0 Å². The summed E-state index contributed by atoms with van der Waals surface area (Å²) in [6, 6.07) is 2.78. The van der Waals surface area contributed by atoms with Gasteiger partial charge in [-0.25, -0.2) is 0 Å². The van der Waals surface area contributed by atoms with Gasteiger partial charge in [-0.15, -0.1) is 0 Å². The summed E-state index contributed by atoms with van der Waals surface area (Å²) in [5.41, 5.74) is 1.06. The minimum Gasteiger partial charge on any atom is -0.395 e. The molecule has 1 rings (SSSR count). The van der Waals surface area contributed by atoms with E-state index in [1.807, 2.05) is 17.1 Å². The molecule has 0 amide bonds. The van der Waals surface area contributed by atoms with E-state index in [1.165, 1.54) is 0 Å². The van der Waals surface area contributed by atoms with Crippen molar-refractivity contribution in [3.05, 3.63) is 18.0 Å². The first-order valence-corrected chi connectivity index (χ1v) is 7.82. The van der Waals surface area contributed by atoms with Gasteiger partial charge < -0.3 is 10.4 Å². The van der Waals surface area contributed by atoms with Gasteiger partial charge in [0.2, 0.25) is 0 Å². The first kappa shape index (κ1) is 15.5. The number of aliphatic hydroxyl groups excluding tert-OH is 1. The second-order valence-corrected chi connectivity index (χ2v) is 5.75. The molecule has 0 aliphatic rings. The zero-order chi connectivity index (χ0) is 13.5. The van der Waals surface area contributed by atoms with Crippen LogP contribution in [-0.2, 0) is 6.54 Å². The van der Waals surface area contributed by atoms with Gasteiger partial charge in [-0.1, -0.05) is 6.92 Å². The van der Waals surface area contributed by atoms with Crippen LogP contribution in [0, 0.1) is 0 Å². The van der Waals surface area contributed by atoms with Crippen molar-refractivity contribution < 1.29 is 5.11 Å². The number of hydrogen-bond donors (Lipinski definition) is 2. The molecule has 0 spiro atoms. The topological polar surface area (TPSA) is 50.1 Å². The van der Waals surface area contributed by atoms with Gasteiger partial charge in [-0.3, -0.25) is 4.68 Å². The van der Waals surface area contributed by atoms with E-state index in [1.54, 1.807) is 11.8 Å².